The summed E-state index contributed by atoms with van der Waals surface area (Å²) in [6.45, 7) is 7.09. The summed E-state index contributed by atoms with van der Waals surface area (Å²) in [5.74, 6) is 0.000720. The molecule has 0 radical (unpaired) electrons. The molecule has 3 rings (SSSR count). The zero-order valence-corrected chi connectivity index (χ0v) is 15.1. The zero-order valence-electron chi connectivity index (χ0n) is 14.3. The van der Waals surface area contributed by atoms with E-state index in [1.165, 1.54) is 0 Å². The lowest BCUT2D eigenvalue weighted by Crippen LogP contribution is -2.42. The van der Waals surface area contributed by atoms with Crippen LogP contribution < -0.4 is 5.32 Å². The number of piperidine rings is 1. The third-order valence-electron chi connectivity index (χ3n) is 4.67. The molecule has 0 bridgehead atoms. The first kappa shape index (κ1) is 19.2. The van der Waals surface area contributed by atoms with Gasteiger partial charge in [0.2, 0.25) is 0 Å². The molecule has 0 spiro atoms. The highest BCUT2D eigenvalue weighted by Crippen LogP contribution is 2.16. The topological polar surface area (TPSA) is 62.6 Å². The fraction of sp³-hybridized carbons (Fsp3) is 0.750. The number of carbonyl (C=O) groups is 1. The summed E-state index contributed by atoms with van der Waals surface area (Å²) in [6.07, 6.45) is 4.21. The van der Waals surface area contributed by atoms with Crippen LogP contribution in [0.15, 0.2) is 12.3 Å². The van der Waals surface area contributed by atoms with Gasteiger partial charge in [-0.1, -0.05) is 0 Å². The third-order valence-corrected chi connectivity index (χ3v) is 4.67. The van der Waals surface area contributed by atoms with Gasteiger partial charge in [0.1, 0.15) is 5.69 Å². The number of nitrogens with zero attached hydrogens (tertiary/aromatic N) is 4. The normalized spacial score (nSPS) is 22.0. The average Bonchev–Trinajstić information content (AvgIpc) is 3.11. The van der Waals surface area contributed by atoms with E-state index >= 15 is 0 Å². The lowest BCUT2D eigenvalue weighted by atomic mass is 10.1. The van der Waals surface area contributed by atoms with E-state index in [0.717, 1.165) is 65.3 Å². The average molecular weight is 358 g/mol. The molecular formula is C16H28ClN5O2. The first-order valence-corrected chi connectivity index (χ1v) is 8.55. The van der Waals surface area contributed by atoms with Gasteiger partial charge in [0.25, 0.3) is 5.91 Å². The molecule has 1 atom stereocenters. The van der Waals surface area contributed by atoms with Crippen LogP contribution in [-0.2, 0) is 4.74 Å². The molecule has 1 N–H and O–H groups in total. The highest BCUT2D eigenvalue weighted by molar-refractivity contribution is 5.92. The number of amides is 1. The molecule has 7 nitrogen and oxygen atoms in total. The third kappa shape index (κ3) is 4.92. The Kier molecular flexibility index (Phi) is 7.48. The van der Waals surface area contributed by atoms with Gasteiger partial charge in [-0.2, -0.15) is 5.10 Å². The fourth-order valence-electron chi connectivity index (χ4n) is 3.13. The second-order valence-corrected chi connectivity index (χ2v) is 6.36. The molecule has 136 valence electrons. The number of hydrogen-bond acceptors (Lipinski definition) is 5. The van der Waals surface area contributed by atoms with Crippen LogP contribution in [0, 0.1) is 0 Å². The van der Waals surface area contributed by atoms with Crippen molar-refractivity contribution in [1.82, 2.24) is 24.9 Å². The monoisotopic (exact) mass is 357 g/mol. The lowest BCUT2D eigenvalue weighted by molar-refractivity contribution is 0.0337. The molecule has 3 heterocycles. The molecule has 1 unspecified atom stereocenters. The number of hydrogen-bond donors (Lipinski definition) is 1. The van der Waals surface area contributed by atoms with Gasteiger partial charge in [-0.05, 0) is 25.5 Å². The van der Waals surface area contributed by atoms with Crippen molar-refractivity contribution in [3.05, 3.63) is 18.0 Å². The Balaban J connectivity index is 0.00000208. The smallest absolute Gasteiger partial charge is 0.274 e. The van der Waals surface area contributed by atoms with E-state index in [-0.39, 0.29) is 18.3 Å². The highest BCUT2D eigenvalue weighted by atomic mass is 35.5. The van der Waals surface area contributed by atoms with E-state index in [0.29, 0.717) is 11.7 Å². The Morgan fingerprint density at radius 2 is 2.25 bits per heavy atom. The van der Waals surface area contributed by atoms with Crippen molar-refractivity contribution in [3.63, 3.8) is 0 Å². The minimum absolute atomic E-state index is 0. The van der Waals surface area contributed by atoms with Crippen molar-refractivity contribution >= 4 is 18.3 Å². The minimum Gasteiger partial charge on any atom is -0.379 e. The number of carbonyl (C=O) groups excluding carboxylic acids is 1. The molecule has 0 aliphatic carbocycles. The maximum Gasteiger partial charge on any atom is 0.274 e. The fourth-order valence-corrected chi connectivity index (χ4v) is 3.13. The van der Waals surface area contributed by atoms with E-state index in [4.69, 9.17) is 4.74 Å². The van der Waals surface area contributed by atoms with Gasteiger partial charge in [0.05, 0.1) is 19.3 Å². The van der Waals surface area contributed by atoms with Crippen LogP contribution >= 0.6 is 12.4 Å². The Hall–Kier alpha value is -1.15. The molecule has 2 aliphatic heterocycles. The zero-order chi connectivity index (χ0) is 16.1. The number of morpholine rings is 1. The van der Waals surface area contributed by atoms with Gasteiger partial charge >= 0.3 is 0 Å². The molecule has 1 aromatic rings. The lowest BCUT2D eigenvalue weighted by Gasteiger charge is -2.28. The first-order chi connectivity index (χ1) is 11.2. The Morgan fingerprint density at radius 1 is 1.46 bits per heavy atom. The number of nitrogens with one attached hydrogen (secondary N) is 1. The molecule has 2 fully saturated rings. The van der Waals surface area contributed by atoms with Crippen LogP contribution in [0.3, 0.4) is 0 Å². The van der Waals surface area contributed by atoms with Crippen LogP contribution in [0.25, 0.3) is 0 Å². The SMILES string of the molecule is CN(CCN1CCOCC1)C(=O)c1ccn(C2CCCNC2)n1.Cl. The maximum atomic E-state index is 12.5. The van der Waals surface area contributed by atoms with Gasteiger partial charge in [0, 0.05) is 46.0 Å². The molecule has 8 heteroatoms. The quantitative estimate of drug-likeness (QED) is 0.837. The number of aromatic nitrogens is 2. The van der Waals surface area contributed by atoms with Crippen molar-refractivity contribution in [2.75, 3.05) is 59.5 Å². The van der Waals surface area contributed by atoms with E-state index in [2.05, 4.69) is 15.3 Å². The first-order valence-electron chi connectivity index (χ1n) is 8.55. The van der Waals surface area contributed by atoms with Crippen LogP contribution in [0.4, 0.5) is 0 Å². The minimum atomic E-state index is 0. The Labute approximate surface area is 149 Å². The summed E-state index contributed by atoms with van der Waals surface area (Å²) in [7, 11) is 1.85. The van der Waals surface area contributed by atoms with Crippen LogP contribution in [0.2, 0.25) is 0 Å². The molecule has 1 amide bonds. The van der Waals surface area contributed by atoms with Gasteiger partial charge in [0.15, 0.2) is 0 Å². The number of halogens is 1. The second kappa shape index (κ2) is 9.36. The Bertz CT molecular complexity index is 512. The van der Waals surface area contributed by atoms with Crippen molar-refractivity contribution in [1.29, 1.82) is 0 Å². The summed E-state index contributed by atoms with van der Waals surface area (Å²) in [4.78, 5) is 16.6. The summed E-state index contributed by atoms with van der Waals surface area (Å²) in [5, 5.41) is 7.88. The molecular weight excluding hydrogens is 330 g/mol. The number of rotatable bonds is 5. The summed E-state index contributed by atoms with van der Waals surface area (Å²) in [5.41, 5.74) is 0.542. The summed E-state index contributed by atoms with van der Waals surface area (Å²) < 4.78 is 7.28. The molecule has 2 aliphatic rings. The maximum absolute atomic E-state index is 12.5. The van der Waals surface area contributed by atoms with Crippen LogP contribution in [-0.4, -0.2) is 85.0 Å². The van der Waals surface area contributed by atoms with E-state index in [1.54, 1.807) is 4.90 Å². The van der Waals surface area contributed by atoms with Crippen LogP contribution in [0.5, 0.6) is 0 Å². The van der Waals surface area contributed by atoms with Crippen molar-refractivity contribution in [2.24, 2.45) is 0 Å². The van der Waals surface area contributed by atoms with E-state index in [1.807, 2.05) is 24.0 Å². The van der Waals surface area contributed by atoms with Gasteiger partial charge in [-0.25, -0.2) is 0 Å². The second-order valence-electron chi connectivity index (χ2n) is 6.36. The predicted octanol–water partition coefficient (Wildman–Crippen LogP) is 0.634. The van der Waals surface area contributed by atoms with Gasteiger partial charge in [-0.15, -0.1) is 12.4 Å². The predicted molar refractivity (Wildman–Crippen MR) is 94.8 cm³/mol. The number of likely N-dealkylation sites (N-methyl/N-ethyl adjacent to an activating group) is 1. The Morgan fingerprint density at radius 3 is 2.96 bits per heavy atom. The molecule has 24 heavy (non-hydrogen) atoms. The van der Waals surface area contributed by atoms with Crippen molar-refractivity contribution in [2.45, 2.75) is 18.9 Å². The van der Waals surface area contributed by atoms with E-state index < -0.39 is 0 Å². The standard InChI is InChI=1S/C16H27N5O2.ClH/c1-19(7-8-20-9-11-23-12-10-20)16(22)15-4-6-21(18-15)14-3-2-5-17-13-14;/h4,6,14,17H,2-3,5,7-13H2,1H3;1H. The molecule has 0 aromatic carbocycles. The molecule has 2 saturated heterocycles. The largest absolute Gasteiger partial charge is 0.379 e. The molecule has 1 aromatic heterocycles. The summed E-state index contributed by atoms with van der Waals surface area (Å²) >= 11 is 0. The van der Waals surface area contributed by atoms with Crippen molar-refractivity contribution < 1.29 is 9.53 Å². The number of ether oxygens (including phenoxy) is 1. The van der Waals surface area contributed by atoms with Crippen molar-refractivity contribution in [3.8, 4) is 0 Å². The van der Waals surface area contributed by atoms with E-state index in [9.17, 15) is 4.79 Å². The van der Waals surface area contributed by atoms with Crippen LogP contribution in [0.1, 0.15) is 29.4 Å². The highest BCUT2D eigenvalue weighted by Gasteiger charge is 2.20. The van der Waals surface area contributed by atoms with Gasteiger partial charge in [-0.3, -0.25) is 14.4 Å². The van der Waals surface area contributed by atoms with Gasteiger partial charge < -0.3 is 15.0 Å². The summed E-state index contributed by atoms with van der Waals surface area (Å²) in [6, 6.07) is 2.20. The molecule has 0 saturated carbocycles.